The van der Waals surface area contributed by atoms with Crippen molar-refractivity contribution >= 4 is 16.8 Å². The first kappa shape index (κ1) is 8.87. The van der Waals surface area contributed by atoms with Crippen LogP contribution in [0.4, 0.5) is 0 Å². The van der Waals surface area contributed by atoms with E-state index in [-0.39, 0.29) is 5.78 Å². The van der Waals surface area contributed by atoms with Gasteiger partial charge in [-0.2, -0.15) is 5.10 Å². The maximum atomic E-state index is 11.1. The van der Waals surface area contributed by atoms with Crippen molar-refractivity contribution in [3.05, 3.63) is 23.5 Å². The summed E-state index contributed by atoms with van der Waals surface area (Å²) in [6.45, 7) is 3.45. The number of carbonyl (C=O) groups is 1. The van der Waals surface area contributed by atoms with Crippen molar-refractivity contribution in [1.82, 2.24) is 14.8 Å². The Morgan fingerprint density at radius 1 is 1.50 bits per heavy atom. The van der Waals surface area contributed by atoms with Crippen molar-refractivity contribution in [2.75, 3.05) is 0 Å². The van der Waals surface area contributed by atoms with Crippen LogP contribution in [0.3, 0.4) is 0 Å². The zero-order chi connectivity index (χ0) is 10.3. The van der Waals surface area contributed by atoms with Crippen LogP contribution in [0, 0.1) is 6.92 Å². The van der Waals surface area contributed by atoms with Crippen molar-refractivity contribution in [1.29, 1.82) is 0 Å². The van der Waals surface area contributed by atoms with Gasteiger partial charge in [0.25, 0.3) is 0 Å². The molecule has 4 heteroatoms. The normalized spacial score (nSPS) is 10.8. The standard InChI is InChI=1S/C10H11N3O/c1-6-9-4-8(7(2)14)5-11-10(9)13(3)12-6/h4-5H,1-3H3. The Bertz CT molecular complexity index is 513. The zero-order valence-corrected chi connectivity index (χ0v) is 8.40. The van der Waals surface area contributed by atoms with Gasteiger partial charge in [-0.25, -0.2) is 4.98 Å². The van der Waals surface area contributed by atoms with Crippen molar-refractivity contribution in [3.63, 3.8) is 0 Å². The summed E-state index contributed by atoms with van der Waals surface area (Å²) in [6, 6.07) is 1.84. The number of carbonyl (C=O) groups excluding carboxylic acids is 1. The molecule has 0 radical (unpaired) electrons. The third kappa shape index (κ3) is 1.19. The highest BCUT2D eigenvalue weighted by atomic mass is 16.1. The third-order valence-corrected chi connectivity index (χ3v) is 2.27. The molecule has 2 rings (SSSR count). The van der Waals surface area contributed by atoms with Crippen LogP contribution in [-0.2, 0) is 7.05 Å². The number of rotatable bonds is 1. The van der Waals surface area contributed by atoms with Crippen LogP contribution in [0.5, 0.6) is 0 Å². The Kier molecular flexibility index (Phi) is 1.84. The molecule has 0 saturated carbocycles. The van der Waals surface area contributed by atoms with Gasteiger partial charge in [0.2, 0.25) is 0 Å². The Morgan fingerprint density at radius 2 is 2.21 bits per heavy atom. The molecule has 0 N–H and O–H groups in total. The van der Waals surface area contributed by atoms with Crippen LogP contribution in [0.2, 0.25) is 0 Å². The van der Waals surface area contributed by atoms with Gasteiger partial charge in [0.15, 0.2) is 11.4 Å². The van der Waals surface area contributed by atoms with Crippen molar-refractivity contribution < 1.29 is 4.79 Å². The molecule has 0 aliphatic carbocycles. The lowest BCUT2D eigenvalue weighted by atomic mass is 10.1. The van der Waals surface area contributed by atoms with Gasteiger partial charge in [0, 0.05) is 24.2 Å². The summed E-state index contributed by atoms with van der Waals surface area (Å²) in [7, 11) is 1.84. The summed E-state index contributed by atoms with van der Waals surface area (Å²) < 4.78 is 1.72. The van der Waals surface area contributed by atoms with Gasteiger partial charge in [-0.3, -0.25) is 9.48 Å². The fraction of sp³-hybridized carbons (Fsp3) is 0.300. The molecule has 0 atom stereocenters. The van der Waals surface area contributed by atoms with Crippen LogP contribution >= 0.6 is 0 Å². The minimum Gasteiger partial charge on any atom is -0.294 e. The van der Waals surface area contributed by atoms with E-state index in [4.69, 9.17) is 0 Å². The summed E-state index contributed by atoms with van der Waals surface area (Å²) >= 11 is 0. The van der Waals surface area contributed by atoms with Crippen molar-refractivity contribution in [3.8, 4) is 0 Å². The summed E-state index contributed by atoms with van der Waals surface area (Å²) in [5.41, 5.74) is 2.35. The number of Topliss-reactive ketones (excluding diaryl/α,β-unsaturated/α-hetero) is 1. The number of pyridine rings is 1. The number of nitrogens with zero attached hydrogens (tertiary/aromatic N) is 3. The second-order valence-corrected chi connectivity index (χ2v) is 3.36. The average Bonchev–Trinajstić information content (AvgIpc) is 2.42. The van der Waals surface area contributed by atoms with Gasteiger partial charge in [0.05, 0.1) is 5.69 Å². The van der Waals surface area contributed by atoms with Crippen LogP contribution in [0.25, 0.3) is 11.0 Å². The first-order valence-electron chi connectivity index (χ1n) is 4.40. The number of hydrogen-bond donors (Lipinski definition) is 0. The minimum absolute atomic E-state index is 0.0302. The molecule has 2 aromatic heterocycles. The van der Waals surface area contributed by atoms with Gasteiger partial charge in [-0.05, 0) is 19.9 Å². The Balaban J connectivity index is 2.77. The topological polar surface area (TPSA) is 47.8 Å². The molecule has 0 bridgehead atoms. The van der Waals surface area contributed by atoms with Crippen molar-refractivity contribution in [2.45, 2.75) is 13.8 Å². The number of aromatic nitrogens is 3. The Labute approximate surface area is 81.6 Å². The van der Waals surface area contributed by atoms with E-state index in [2.05, 4.69) is 10.1 Å². The first-order valence-corrected chi connectivity index (χ1v) is 4.40. The molecule has 2 aromatic rings. The maximum Gasteiger partial charge on any atom is 0.161 e. The number of hydrogen-bond acceptors (Lipinski definition) is 3. The molecule has 2 heterocycles. The summed E-state index contributed by atoms with van der Waals surface area (Å²) in [5.74, 6) is 0.0302. The van der Waals surface area contributed by atoms with Gasteiger partial charge < -0.3 is 0 Å². The molecule has 0 unspecified atom stereocenters. The fourth-order valence-corrected chi connectivity index (χ4v) is 1.50. The molecule has 0 spiro atoms. The predicted octanol–water partition coefficient (Wildman–Crippen LogP) is 1.48. The van der Waals surface area contributed by atoms with Gasteiger partial charge >= 0.3 is 0 Å². The molecule has 14 heavy (non-hydrogen) atoms. The quantitative estimate of drug-likeness (QED) is 0.638. The highest BCUT2D eigenvalue weighted by Gasteiger charge is 2.08. The van der Waals surface area contributed by atoms with E-state index in [0.29, 0.717) is 5.56 Å². The molecular weight excluding hydrogens is 178 g/mol. The van der Waals surface area contributed by atoms with Crippen LogP contribution in [0.1, 0.15) is 23.0 Å². The van der Waals surface area contributed by atoms with Gasteiger partial charge in [0.1, 0.15) is 0 Å². The van der Waals surface area contributed by atoms with Crippen LogP contribution in [0.15, 0.2) is 12.3 Å². The summed E-state index contributed by atoms with van der Waals surface area (Å²) in [4.78, 5) is 15.3. The molecule has 0 fully saturated rings. The van der Waals surface area contributed by atoms with Crippen LogP contribution < -0.4 is 0 Å². The molecule has 0 aliphatic heterocycles. The maximum absolute atomic E-state index is 11.1. The third-order valence-electron chi connectivity index (χ3n) is 2.27. The highest BCUT2D eigenvalue weighted by Crippen LogP contribution is 2.16. The smallest absolute Gasteiger partial charge is 0.161 e. The fourth-order valence-electron chi connectivity index (χ4n) is 1.50. The molecule has 0 saturated heterocycles. The molecule has 72 valence electrons. The van der Waals surface area contributed by atoms with E-state index >= 15 is 0 Å². The van der Waals surface area contributed by atoms with E-state index in [1.54, 1.807) is 10.9 Å². The Hall–Kier alpha value is -1.71. The second kappa shape index (κ2) is 2.90. The number of aryl methyl sites for hydroxylation is 2. The SMILES string of the molecule is CC(=O)c1cnc2c(c1)c(C)nn2C. The molecule has 0 amide bonds. The number of fused-ring (bicyclic) bond motifs is 1. The van der Waals surface area contributed by atoms with Crippen molar-refractivity contribution in [2.24, 2.45) is 7.05 Å². The average molecular weight is 189 g/mol. The van der Waals surface area contributed by atoms with Crippen LogP contribution in [-0.4, -0.2) is 20.5 Å². The second-order valence-electron chi connectivity index (χ2n) is 3.36. The molecular formula is C10H11N3O. The Morgan fingerprint density at radius 3 is 2.86 bits per heavy atom. The predicted molar refractivity (Wildman–Crippen MR) is 53.3 cm³/mol. The first-order chi connectivity index (χ1) is 6.59. The van der Waals surface area contributed by atoms with E-state index in [0.717, 1.165) is 16.7 Å². The summed E-state index contributed by atoms with van der Waals surface area (Å²) in [5, 5.41) is 5.18. The van der Waals surface area contributed by atoms with Gasteiger partial charge in [-0.15, -0.1) is 0 Å². The van der Waals surface area contributed by atoms with E-state index in [9.17, 15) is 4.79 Å². The molecule has 0 aliphatic rings. The number of ketones is 1. The van der Waals surface area contributed by atoms with E-state index in [1.807, 2.05) is 20.0 Å². The lowest BCUT2D eigenvalue weighted by Crippen LogP contribution is -1.95. The lowest BCUT2D eigenvalue weighted by Gasteiger charge is -1.96. The molecule has 0 aromatic carbocycles. The van der Waals surface area contributed by atoms with Gasteiger partial charge in [-0.1, -0.05) is 0 Å². The van der Waals surface area contributed by atoms with E-state index in [1.165, 1.54) is 6.92 Å². The highest BCUT2D eigenvalue weighted by molar-refractivity contribution is 5.97. The zero-order valence-electron chi connectivity index (χ0n) is 8.40. The van der Waals surface area contributed by atoms with E-state index < -0.39 is 0 Å². The molecule has 4 nitrogen and oxygen atoms in total. The minimum atomic E-state index is 0.0302. The largest absolute Gasteiger partial charge is 0.294 e. The summed E-state index contributed by atoms with van der Waals surface area (Å²) in [6.07, 6.45) is 1.59. The lowest BCUT2D eigenvalue weighted by molar-refractivity contribution is 0.101. The monoisotopic (exact) mass is 189 g/mol.